The highest BCUT2D eigenvalue weighted by atomic mass is 35.5. The van der Waals surface area contributed by atoms with Crippen molar-refractivity contribution in [3.8, 4) is 5.75 Å². The molecule has 0 unspecified atom stereocenters. The number of rotatable bonds is 7. The number of benzene rings is 1. The number of hydrogen-bond acceptors (Lipinski definition) is 4. The molecule has 0 bridgehead atoms. The number of carbonyl (C=O) groups is 2. The van der Waals surface area contributed by atoms with E-state index in [4.69, 9.17) is 21.1 Å². The van der Waals surface area contributed by atoms with E-state index >= 15 is 0 Å². The molecule has 0 fully saturated rings. The third-order valence-corrected chi connectivity index (χ3v) is 3.49. The van der Waals surface area contributed by atoms with Crippen LogP contribution >= 0.6 is 11.6 Å². The smallest absolute Gasteiger partial charge is 0.307 e. The molecule has 1 amide bonds. The van der Waals surface area contributed by atoms with Crippen molar-refractivity contribution in [1.82, 2.24) is 5.32 Å². The molecule has 0 aliphatic carbocycles. The fourth-order valence-corrected chi connectivity index (χ4v) is 2.26. The maximum absolute atomic E-state index is 11.7. The van der Waals surface area contributed by atoms with E-state index < -0.39 is 0 Å². The molecule has 128 valence electrons. The molecule has 0 aromatic heterocycles. The Morgan fingerprint density at radius 3 is 3.04 bits per heavy atom. The van der Waals surface area contributed by atoms with Gasteiger partial charge in [0.25, 0.3) is 0 Å². The van der Waals surface area contributed by atoms with Gasteiger partial charge in [-0.1, -0.05) is 24.6 Å². The number of esters is 1. The first-order valence-electron chi connectivity index (χ1n) is 7.83. The lowest BCUT2D eigenvalue weighted by Gasteiger charge is -2.16. The SMILES string of the molecule is CCCOC(=O)CCNC(=O)C=CC1=Cc2cc(Cl)ccc2OC1. The van der Waals surface area contributed by atoms with Gasteiger partial charge in [0.05, 0.1) is 13.0 Å². The van der Waals surface area contributed by atoms with Gasteiger partial charge in [-0.15, -0.1) is 0 Å². The van der Waals surface area contributed by atoms with Gasteiger partial charge in [-0.3, -0.25) is 9.59 Å². The van der Waals surface area contributed by atoms with E-state index in [1.54, 1.807) is 12.1 Å². The lowest BCUT2D eigenvalue weighted by Crippen LogP contribution is -2.24. The van der Waals surface area contributed by atoms with E-state index in [1.165, 1.54) is 6.08 Å². The summed E-state index contributed by atoms with van der Waals surface area (Å²) in [7, 11) is 0. The molecule has 1 aliphatic heterocycles. The summed E-state index contributed by atoms with van der Waals surface area (Å²) in [5.41, 5.74) is 1.75. The minimum Gasteiger partial charge on any atom is -0.488 e. The Morgan fingerprint density at radius 1 is 1.42 bits per heavy atom. The number of carbonyl (C=O) groups excluding carboxylic acids is 2. The number of ether oxygens (including phenoxy) is 2. The number of hydrogen-bond donors (Lipinski definition) is 1. The van der Waals surface area contributed by atoms with Crippen molar-refractivity contribution in [3.05, 3.63) is 46.5 Å². The Labute approximate surface area is 146 Å². The Morgan fingerprint density at radius 2 is 2.25 bits per heavy atom. The number of fused-ring (bicyclic) bond motifs is 1. The zero-order valence-corrected chi connectivity index (χ0v) is 14.3. The van der Waals surface area contributed by atoms with Crippen molar-refractivity contribution in [3.63, 3.8) is 0 Å². The number of halogens is 1. The van der Waals surface area contributed by atoms with Gasteiger partial charge in [-0.2, -0.15) is 0 Å². The second kappa shape index (κ2) is 9.13. The summed E-state index contributed by atoms with van der Waals surface area (Å²) >= 11 is 5.96. The van der Waals surface area contributed by atoms with Crippen LogP contribution in [0.25, 0.3) is 6.08 Å². The number of amides is 1. The fourth-order valence-electron chi connectivity index (χ4n) is 2.08. The summed E-state index contributed by atoms with van der Waals surface area (Å²) in [4.78, 5) is 23.0. The Bertz CT molecular complexity index is 667. The minimum absolute atomic E-state index is 0.164. The minimum atomic E-state index is -0.307. The van der Waals surface area contributed by atoms with Crippen molar-refractivity contribution < 1.29 is 19.1 Å². The van der Waals surface area contributed by atoms with Crippen molar-refractivity contribution in [2.75, 3.05) is 19.8 Å². The molecule has 1 aromatic rings. The van der Waals surface area contributed by atoms with Crippen LogP contribution in [0, 0.1) is 0 Å². The van der Waals surface area contributed by atoms with Gasteiger partial charge in [0.15, 0.2) is 0 Å². The molecule has 0 saturated heterocycles. The highest BCUT2D eigenvalue weighted by Gasteiger charge is 2.10. The van der Waals surface area contributed by atoms with Gasteiger partial charge in [0.2, 0.25) is 5.91 Å². The molecular formula is C18H20ClNO4. The van der Waals surface area contributed by atoms with Crippen molar-refractivity contribution >= 4 is 29.6 Å². The maximum Gasteiger partial charge on any atom is 0.307 e. The molecule has 24 heavy (non-hydrogen) atoms. The fraction of sp³-hybridized carbons (Fsp3) is 0.333. The predicted molar refractivity (Wildman–Crippen MR) is 92.9 cm³/mol. The predicted octanol–water partition coefficient (Wildman–Crippen LogP) is 3.13. The average Bonchev–Trinajstić information content (AvgIpc) is 2.57. The van der Waals surface area contributed by atoms with Crippen LogP contribution in [0.15, 0.2) is 35.9 Å². The second-order valence-electron chi connectivity index (χ2n) is 5.28. The quantitative estimate of drug-likeness (QED) is 0.606. The van der Waals surface area contributed by atoms with Gasteiger partial charge in [-0.05, 0) is 36.3 Å². The molecule has 0 saturated carbocycles. The Balaban J connectivity index is 1.81. The third kappa shape index (κ3) is 5.74. The van der Waals surface area contributed by atoms with Gasteiger partial charge in [-0.25, -0.2) is 0 Å². The molecule has 2 rings (SSSR count). The summed E-state index contributed by atoms with van der Waals surface area (Å²) in [6, 6.07) is 5.40. The highest BCUT2D eigenvalue weighted by Crippen LogP contribution is 2.29. The second-order valence-corrected chi connectivity index (χ2v) is 5.72. The van der Waals surface area contributed by atoms with E-state index in [1.807, 2.05) is 25.1 Å². The lowest BCUT2D eigenvalue weighted by atomic mass is 10.1. The van der Waals surface area contributed by atoms with E-state index in [0.29, 0.717) is 18.2 Å². The topological polar surface area (TPSA) is 64.6 Å². The lowest BCUT2D eigenvalue weighted by molar-refractivity contribution is -0.143. The molecule has 6 heteroatoms. The van der Waals surface area contributed by atoms with Crippen molar-refractivity contribution in [2.45, 2.75) is 19.8 Å². The largest absolute Gasteiger partial charge is 0.488 e. The molecule has 0 spiro atoms. The molecule has 0 atom stereocenters. The van der Waals surface area contributed by atoms with Crippen LogP contribution in [0.4, 0.5) is 0 Å². The van der Waals surface area contributed by atoms with Crippen molar-refractivity contribution in [1.29, 1.82) is 0 Å². The summed E-state index contributed by atoms with van der Waals surface area (Å²) in [6.45, 7) is 2.98. The molecule has 5 nitrogen and oxygen atoms in total. The molecule has 1 aliphatic rings. The van der Waals surface area contributed by atoms with Crippen LogP contribution in [0.3, 0.4) is 0 Å². The zero-order valence-electron chi connectivity index (χ0n) is 13.5. The summed E-state index contributed by atoms with van der Waals surface area (Å²) in [5.74, 6) is 0.195. The first-order valence-corrected chi connectivity index (χ1v) is 8.20. The Kier molecular flexibility index (Phi) is 6.88. The molecule has 1 N–H and O–H groups in total. The van der Waals surface area contributed by atoms with E-state index in [9.17, 15) is 9.59 Å². The van der Waals surface area contributed by atoms with Crippen LogP contribution < -0.4 is 10.1 Å². The summed E-state index contributed by atoms with van der Waals surface area (Å²) in [5, 5.41) is 3.27. The molecule has 1 heterocycles. The van der Waals surface area contributed by atoms with Gasteiger partial charge in [0.1, 0.15) is 12.4 Å². The maximum atomic E-state index is 11.7. The molecular weight excluding hydrogens is 330 g/mol. The highest BCUT2D eigenvalue weighted by molar-refractivity contribution is 6.30. The van der Waals surface area contributed by atoms with E-state index in [-0.39, 0.29) is 24.8 Å². The number of nitrogens with one attached hydrogen (secondary N) is 1. The van der Waals surface area contributed by atoms with Gasteiger partial charge < -0.3 is 14.8 Å². The first-order chi connectivity index (χ1) is 11.6. The van der Waals surface area contributed by atoms with Crippen LogP contribution in [-0.2, 0) is 14.3 Å². The van der Waals surface area contributed by atoms with E-state index in [0.717, 1.165) is 23.3 Å². The van der Waals surface area contributed by atoms with Gasteiger partial charge >= 0.3 is 5.97 Å². The third-order valence-electron chi connectivity index (χ3n) is 3.25. The van der Waals surface area contributed by atoms with Crippen LogP contribution in [0.1, 0.15) is 25.3 Å². The average molecular weight is 350 g/mol. The van der Waals surface area contributed by atoms with Crippen LogP contribution in [0.5, 0.6) is 5.75 Å². The monoisotopic (exact) mass is 349 g/mol. The van der Waals surface area contributed by atoms with Crippen LogP contribution in [0.2, 0.25) is 5.02 Å². The Hall–Kier alpha value is -2.27. The standard InChI is InChI=1S/C18H20ClNO4/c1-2-9-23-18(22)7-8-20-17(21)6-3-13-10-14-11-15(19)4-5-16(14)24-12-13/h3-6,10-11H,2,7-9,12H2,1H3,(H,20,21). The van der Waals surface area contributed by atoms with Crippen molar-refractivity contribution in [2.24, 2.45) is 0 Å². The zero-order chi connectivity index (χ0) is 17.4. The summed E-state index contributed by atoms with van der Waals surface area (Å²) in [6.07, 6.45) is 5.98. The molecule has 1 aromatic carbocycles. The summed E-state index contributed by atoms with van der Waals surface area (Å²) < 4.78 is 10.5. The molecule has 0 radical (unpaired) electrons. The van der Waals surface area contributed by atoms with Crippen LogP contribution in [-0.4, -0.2) is 31.6 Å². The van der Waals surface area contributed by atoms with Gasteiger partial charge in [0, 0.05) is 23.2 Å². The van der Waals surface area contributed by atoms with E-state index in [2.05, 4.69) is 5.32 Å². The first kappa shape index (κ1) is 18.1. The normalized spacial score (nSPS) is 13.0.